The summed E-state index contributed by atoms with van der Waals surface area (Å²) in [5, 5.41) is 30.2. The molecule has 0 aliphatic rings. The molecule has 0 aliphatic carbocycles. The van der Waals surface area contributed by atoms with E-state index in [9.17, 15) is 29.7 Å². The highest BCUT2D eigenvalue weighted by atomic mass is 16.4. The van der Waals surface area contributed by atoms with Gasteiger partial charge in [-0.1, -0.05) is 232 Å². The predicted octanol–water partition coefficient (Wildman–Crippen LogP) is 15.9. The van der Waals surface area contributed by atoms with Gasteiger partial charge in [-0.15, -0.1) is 0 Å². The normalized spacial score (nSPS) is 11.4. The molecule has 6 nitrogen and oxygen atoms in total. The van der Waals surface area contributed by atoms with Crippen LogP contribution < -0.4 is 0 Å². The number of aryl methyl sites for hydroxylation is 1. The summed E-state index contributed by atoms with van der Waals surface area (Å²) in [4.78, 5) is 37.0. The van der Waals surface area contributed by atoms with E-state index in [0.717, 1.165) is 44.9 Å². The molecular weight excluding hydrogens is 685 g/mol. The van der Waals surface area contributed by atoms with Crippen molar-refractivity contribution in [1.29, 1.82) is 0 Å². The Kier molecular flexibility index (Phi) is 33.2. The zero-order valence-electron chi connectivity index (χ0n) is 36.0. The van der Waals surface area contributed by atoms with Gasteiger partial charge < -0.3 is 15.3 Å². The number of hydrogen-bond donors (Lipinski definition) is 3. The molecule has 0 unspecified atom stereocenters. The van der Waals surface area contributed by atoms with E-state index in [1.165, 1.54) is 186 Å². The third-order valence-electron chi connectivity index (χ3n) is 11.8. The highest BCUT2D eigenvalue weighted by Gasteiger charge is 2.28. The van der Waals surface area contributed by atoms with Crippen molar-refractivity contribution < 1.29 is 29.7 Å². The van der Waals surface area contributed by atoms with Crippen LogP contribution in [0.15, 0.2) is 6.07 Å². The van der Waals surface area contributed by atoms with E-state index in [1.807, 2.05) is 0 Å². The fourth-order valence-electron chi connectivity index (χ4n) is 8.35. The van der Waals surface area contributed by atoms with Gasteiger partial charge in [-0.3, -0.25) is 0 Å². The summed E-state index contributed by atoms with van der Waals surface area (Å²) in [6.07, 6.45) is 46.0. The van der Waals surface area contributed by atoms with Crippen LogP contribution in [0.5, 0.6) is 0 Å². The predicted molar refractivity (Wildman–Crippen MR) is 232 cm³/mol. The smallest absolute Gasteiger partial charge is 0.336 e. The Hall–Kier alpha value is -2.37. The average Bonchev–Trinajstić information content (AvgIpc) is 3.16. The Bertz CT molecular complexity index is 1110. The van der Waals surface area contributed by atoms with E-state index in [1.54, 1.807) is 0 Å². The van der Waals surface area contributed by atoms with Gasteiger partial charge in [-0.25, -0.2) is 14.4 Å². The van der Waals surface area contributed by atoms with E-state index in [-0.39, 0.29) is 28.7 Å². The minimum absolute atomic E-state index is 0.0151. The Morgan fingerprint density at radius 3 is 0.855 bits per heavy atom. The van der Waals surface area contributed by atoms with Crippen molar-refractivity contribution in [3.05, 3.63) is 33.9 Å². The summed E-state index contributed by atoms with van der Waals surface area (Å²) in [5.41, 5.74) is 0.0321. The van der Waals surface area contributed by atoms with Crippen LogP contribution in [0.2, 0.25) is 0 Å². The molecule has 6 heteroatoms. The van der Waals surface area contributed by atoms with Gasteiger partial charge in [0.1, 0.15) is 0 Å². The fraction of sp³-hybridized carbons (Fsp3) is 0.816. The molecule has 1 aromatic rings. The Morgan fingerprint density at radius 1 is 0.345 bits per heavy atom. The first kappa shape index (κ1) is 50.6. The molecule has 0 bridgehead atoms. The number of carboxylic acids is 3. The van der Waals surface area contributed by atoms with Gasteiger partial charge in [0.05, 0.1) is 16.7 Å². The lowest BCUT2D eigenvalue weighted by Crippen LogP contribution is -2.18. The van der Waals surface area contributed by atoms with Crippen LogP contribution in [-0.4, -0.2) is 33.2 Å². The molecular formula is C49H86O6. The van der Waals surface area contributed by atoms with Crippen molar-refractivity contribution in [3.63, 3.8) is 0 Å². The highest BCUT2D eigenvalue weighted by molar-refractivity contribution is 6.06. The quantitative estimate of drug-likeness (QED) is 0.0572. The molecule has 1 aromatic carbocycles. The van der Waals surface area contributed by atoms with Crippen LogP contribution >= 0.6 is 0 Å². The molecule has 1 rings (SSSR count). The van der Waals surface area contributed by atoms with Gasteiger partial charge in [-0.05, 0) is 42.9 Å². The van der Waals surface area contributed by atoms with Gasteiger partial charge in [0.2, 0.25) is 0 Å². The van der Waals surface area contributed by atoms with E-state index in [2.05, 4.69) is 13.8 Å². The van der Waals surface area contributed by atoms with Crippen LogP contribution in [0.1, 0.15) is 287 Å². The zero-order valence-corrected chi connectivity index (χ0v) is 36.0. The molecule has 318 valence electrons. The topological polar surface area (TPSA) is 112 Å². The largest absolute Gasteiger partial charge is 0.478 e. The molecule has 0 fully saturated rings. The summed E-state index contributed by atoms with van der Waals surface area (Å²) < 4.78 is 0. The molecule has 0 spiro atoms. The first-order valence-corrected chi connectivity index (χ1v) is 23.7. The number of carbonyl (C=O) groups is 3. The first-order chi connectivity index (χ1) is 26.8. The molecule has 0 amide bonds. The minimum Gasteiger partial charge on any atom is -0.478 e. The minimum atomic E-state index is -1.36. The van der Waals surface area contributed by atoms with Gasteiger partial charge in [-0.2, -0.15) is 0 Å². The van der Waals surface area contributed by atoms with Crippen molar-refractivity contribution in [2.75, 3.05) is 0 Å². The van der Waals surface area contributed by atoms with E-state index < -0.39 is 17.9 Å². The molecule has 0 heterocycles. The summed E-state index contributed by atoms with van der Waals surface area (Å²) in [6.45, 7) is 4.54. The number of aromatic carboxylic acids is 3. The van der Waals surface area contributed by atoms with Crippen LogP contribution in [0.4, 0.5) is 0 Å². The number of carboxylic acid groups (broad SMARTS) is 3. The van der Waals surface area contributed by atoms with Gasteiger partial charge in [0, 0.05) is 0 Å². The Balaban J connectivity index is 2.36. The number of rotatable bonds is 41. The van der Waals surface area contributed by atoms with Crippen molar-refractivity contribution in [2.24, 2.45) is 0 Å². The van der Waals surface area contributed by atoms with Crippen molar-refractivity contribution in [3.8, 4) is 0 Å². The molecule has 0 aromatic heterocycles. The number of benzene rings is 1. The lowest BCUT2D eigenvalue weighted by molar-refractivity contribution is 0.0647. The van der Waals surface area contributed by atoms with Crippen molar-refractivity contribution >= 4 is 17.9 Å². The second-order valence-corrected chi connectivity index (χ2v) is 16.7. The highest BCUT2D eigenvalue weighted by Crippen LogP contribution is 2.29. The number of hydrogen-bond acceptors (Lipinski definition) is 3. The SMILES string of the molecule is CCCCCCCCCCCCCCCCCCCCc1cc(C(=O)O)c(C(=O)O)c(CCCCCCCCCCCCCCCCCCCC)c1C(=O)O. The summed E-state index contributed by atoms with van der Waals surface area (Å²) in [7, 11) is 0. The summed E-state index contributed by atoms with van der Waals surface area (Å²) in [5.74, 6) is -3.83. The Morgan fingerprint density at radius 2 is 0.600 bits per heavy atom. The Labute approximate surface area is 338 Å². The second kappa shape index (κ2) is 36.0. The van der Waals surface area contributed by atoms with E-state index in [4.69, 9.17) is 0 Å². The third-order valence-corrected chi connectivity index (χ3v) is 11.8. The molecule has 0 atom stereocenters. The summed E-state index contributed by atoms with van der Waals surface area (Å²) >= 11 is 0. The van der Waals surface area contributed by atoms with E-state index >= 15 is 0 Å². The summed E-state index contributed by atoms with van der Waals surface area (Å²) in [6, 6.07) is 1.32. The zero-order chi connectivity index (χ0) is 40.2. The monoisotopic (exact) mass is 771 g/mol. The van der Waals surface area contributed by atoms with Crippen LogP contribution in [-0.2, 0) is 12.8 Å². The fourth-order valence-corrected chi connectivity index (χ4v) is 8.35. The third kappa shape index (κ3) is 26.2. The van der Waals surface area contributed by atoms with Gasteiger partial charge in [0.15, 0.2) is 0 Å². The molecule has 0 radical (unpaired) electrons. The molecule has 55 heavy (non-hydrogen) atoms. The van der Waals surface area contributed by atoms with Gasteiger partial charge in [0.25, 0.3) is 0 Å². The maximum absolute atomic E-state index is 12.5. The molecule has 0 saturated carbocycles. The maximum atomic E-state index is 12.5. The lowest BCUT2D eigenvalue weighted by atomic mass is 9.86. The lowest BCUT2D eigenvalue weighted by Gasteiger charge is -2.17. The van der Waals surface area contributed by atoms with Crippen LogP contribution in [0.25, 0.3) is 0 Å². The van der Waals surface area contributed by atoms with Crippen molar-refractivity contribution in [2.45, 2.75) is 258 Å². The van der Waals surface area contributed by atoms with Crippen LogP contribution in [0, 0.1) is 0 Å². The second-order valence-electron chi connectivity index (χ2n) is 16.7. The van der Waals surface area contributed by atoms with Gasteiger partial charge >= 0.3 is 17.9 Å². The van der Waals surface area contributed by atoms with Crippen LogP contribution in [0.3, 0.4) is 0 Å². The van der Waals surface area contributed by atoms with E-state index in [0.29, 0.717) is 18.4 Å². The first-order valence-electron chi connectivity index (χ1n) is 23.7. The molecule has 0 saturated heterocycles. The van der Waals surface area contributed by atoms with Crippen molar-refractivity contribution in [1.82, 2.24) is 0 Å². The average molecular weight is 771 g/mol. The standard InChI is InChI=1S/C49H86O6/c1-3-5-7-9-11-13-15-17-19-21-23-25-27-29-31-33-35-37-39-42-41-44(47(50)51)46(49(54)55)43(45(42)48(52)53)40-38-36-34-32-30-28-26-24-22-20-18-16-14-12-10-8-6-4-2/h41H,3-40H2,1-2H3,(H,50,51)(H,52,53)(H,54,55). The molecule has 3 N–H and O–H groups in total. The maximum Gasteiger partial charge on any atom is 0.336 e. The molecule has 0 aliphatic heterocycles. The number of unbranched alkanes of at least 4 members (excludes halogenated alkanes) is 34.